The van der Waals surface area contributed by atoms with Gasteiger partial charge in [0.2, 0.25) is 0 Å². The fourth-order valence-corrected chi connectivity index (χ4v) is 5.77. The summed E-state index contributed by atoms with van der Waals surface area (Å²) in [5, 5.41) is 6.49. The van der Waals surface area contributed by atoms with Crippen molar-refractivity contribution in [1.29, 1.82) is 0 Å². The Hall–Kier alpha value is -3.43. The van der Waals surface area contributed by atoms with Crippen LogP contribution in [0.25, 0.3) is 0 Å². The number of hydrogen-bond acceptors (Lipinski definition) is 6. The number of benzene rings is 2. The number of carbonyl (C=O) groups is 2. The summed E-state index contributed by atoms with van der Waals surface area (Å²) in [6.45, 7) is 0.655. The monoisotopic (exact) mass is 476 g/mol. The molecular weight excluding hydrogens is 448 g/mol. The van der Waals surface area contributed by atoms with Gasteiger partial charge in [0.25, 0.3) is 5.91 Å². The van der Waals surface area contributed by atoms with Crippen molar-refractivity contribution in [2.45, 2.75) is 44.2 Å². The maximum absolute atomic E-state index is 13.0. The number of urea groups is 1. The molecule has 176 valence electrons. The summed E-state index contributed by atoms with van der Waals surface area (Å²) in [5.74, 6) is -0.203. The molecule has 2 aliphatic rings. The van der Waals surface area contributed by atoms with E-state index in [1.807, 2.05) is 35.2 Å². The molecule has 1 aliphatic heterocycles. The van der Waals surface area contributed by atoms with Gasteiger partial charge in [0.15, 0.2) is 5.13 Å². The smallest absolute Gasteiger partial charge is 0.322 e. The molecule has 1 aromatic heterocycles. The van der Waals surface area contributed by atoms with Crippen LogP contribution in [0.4, 0.5) is 21.3 Å². The fourth-order valence-electron chi connectivity index (χ4n) is 4.68. The second-order valence-corrected chi connectivity index (χ2v) is 9.96. The SMILES string of the molecule is Nc1cccc(NC(=O)N2CCC[C@@H]2c2cccc(C(=O)Nc3nc4c(s3)C[C@@H](N)CC4)c2)c1. The Labute approximate surface area is 202 Å². The minimum Gasteiger partial charge on any atom is -0.399 e. The maximum Gasteiger partial charge on any atom is 0.322 e. The molecule has 1 fully saturated rings. The molecule has 0 saturated carbocycles. The Morgan fingerprint density at radius 2 is 1.94 bits per heavy atom. The number of rotatable bonds is 4. The molecule has 0 bridgehead atoms. The maximum atomic E-state index is 13.0. The van der Waals surface area contributed by atoms with Crippen molar-refractivity contribution in [3.63, 3.8) is 0 Å². The Morgan fingerprint density at radius 3 is 2.79 bits per heavy atom. The minimum atomic E-state index is -0.203. The van der Waals surface area contributed by atoms with Gasteiger partial charge < -0.3 is 21.7 Å². The van der Waals surface area contributed by atoms with Crippen molar-refractivity contribution in [1.82, 2.24) is 9.88 Å². The number of amides is 3. The van der Waals surface area contributed by atoms with Crippen molar-refractivity contribution < 1.29 is 9.59 Å². The Bertz CT molecular complexity index is 1230. The summed E-state index contributed by atoms with van der Waals surface area (Å²) in [6, 6.07) is 14.5. The Morgan fingerprint density at radius 1 is 1.09 bits per heavy atom. The molecule has 8 nitrogen and oxygen atoms in total. The first-order valence-electron chi connectivity index (χ1n) is 11.5. The number of carbonyl (C=O) groups excluding carboxylic acids is 2. The third kappa shape index (κ3) is 4.76. The number of fused-ring (bicyclic) bond motifs is 1. The van der Waals surface area contributed by atoms with E-state index in [9.17, 15) is 9.59 Å². The highest BCUT2D eigenvalue weighted by atomic mass is 32.1. The van der Waals surface area contributed by atoms with Gasteiger partial charge in [0, 0.05) is 34.4 Å². The molecule has 9 heteroatoms. The van der Waals surface area contributed by atoms with Crippen LogP contribution in [0.1, 0.15) is 51.8 Å². The lowest BCUT2D eigenvalue weighted by atomic mass is 9.99. The van der Waals surface area contributed by atoms with Gasteiger partial charge in [-0.2, -0.15) is 0 Å². The lowest BCUT2D eigenvalue weighted by Gasteiger charge is -2.25. The number of nitrogen functional groups attached to an aromatic ring is 1. The van der Waals surface area contributed by atoms with Crippen LogP contribution in [0.3, 0.4) is 0 Å². The molecule has 3 amide bonds. The molecule has 2 atom stereocenters. The van der Waals surface area contributed by atoms with Crippen LogP contribution in [0.5, 0.6) is 0 Å². The van der Waals surface area contributed by atoms with Gasteiger partial charge in [-0.1, -0.05) is 18.2 Å². The summed E-state index contributed by atoms with van der Waals surface area (Å²) in [7, 11) is 0. The number of hydrogen-bond donors (Lipinski definition) is 4. The minimum absolute atomic E-state index is 0.0949. The van der Waals surface area contributed by atoms with E-state index in [2.05, 4.69) is 15.6 Å². The van der Waals surface area contributed by atoms with Crippen LogP contribution in [0, 0.1) is 0 Å². The number of anilines is 3. The fraction of sp³-hybridized carbons (Fsp3) is 0.320. The van der Waals surface area contributed by atoms with Crippen LogP contribution in [0.15, 0.2) is 48.5 Å². The number of aromatic nitrogens is 1. The van der Waals surface area contributed by atoms with Crippen molar-refractivity contribution >= 4 is 39.8 Å². The van der Waals surface area contributed by atoms with Gasteiger partial charge in [-0.05, 0) is 68.0 Å². The summed E-state index contributed by atoms with van der Waals surface area (Å²) in [6.07, 6.45) is 4.34. The van der Waals surface area contributed by atoms with E-state index >= 15 is 0 Å². The van der Waals surface area contributed by atoms with Crippen LogP contribution in [-0.2, 0) is 12.8 Å². The van der Waals surface area contributed by atoms with Crippen molar-refractivity contribution in [2.75, 3.05) is 22.9 Å². The Kier molecular flexibility index (Phi) is 6.21. The topological polar surface area (TPSA) is 126 Å². The number of nitrogens with zero attached hydrogens (tertiary/aromatic N) is 2. The zero-order valence-electron chi connectivity index (χ0n) is 18.8. The summed E-state index contributed by atoms with van der Waals surface area (Å²) in [4.78, 5) is 33.5. The average Bonchev–Trinajstić information content (AvgIpc) is 3.46. The molecule has 1 saturated heterocycles. The molecule has 6 N–H and O–H groups in total. The molecule has 0 unspecified atom stereocenters. The molecule has 5 rings (SSSR count). The first-order chi connectivity index (χ1) is 16.5. The number of aryl methyl sites for hydroxylation is 1. The third-order valence-electron chi connectivity index (χ3n) is 6.38. The molecular formula is C25H28N6O2S. The lowest BCUT2D eigenvalue weighted by Crippen LogP contribution is -2.34. The largest absolute Gasteiger partial charge is 0.399 e. The molecule has 0 spiro atoms. The first kappa shape index (κ1) is 22.4. The van der Waals surface area contributed by atoms with Crippen LogP contribution in [0.2, 0.25) is 0 Å². The predicted molar refractivity (Wildman–Crippen MR) is 135 cm³/mol. The average molecular weight is 477 g/mol. The van der Waals surface area contributed by atoms with Crippen molar-refractivity contribution in [2.24, 2.45) is 5.73 Å². The van der Waals surface area contributed by atoms with Gasteiger partial charge in [0.1, 0.15) is 0 Å². The van der Waals surface area contributed by atoms with Crippen LogP contribution < -0.4 is 22.1 Å². The second kappa shape index (κ2) is 9.44. The standard InChI is InChI=1S/C25H28N6O2S/c26-17-6-2-7-19(13-17)28-25(33)31-11-3-8-21(31)15-4-1-5-16(12-15)23(32)30-24-29-20-10-9-18(27)14-22(20)34-24/h1-2,4-7,12-13,18,21H,3,8-11,14,26-27H2,(H,28,33)(H,29,30,32)/t18-,21+/m0/s1. The van der Waals surface area contributed by atoms with Gasteiger partial charge >= 0.3 is 6.03 Å². The van der Waals surface area contributed by atoms with E-state index in [1.54, 1.807) is 18.2 Å². The molecule has 2 aromatic carbocycles. The number of likely N-dealkylation sites (tertiary alicyclic amines) is 1. The van der Waals surface area contributed by atoms with E-state index in [-0.39, 0.29) is 24.0 Å². The van der Waals surface area contributed by atoms with E-state index in [1.165, 1.54) is 11.3 Å². The Balaban J connectivity index is 1.29. The zero-order chi connectivity index (χ0) is 23.7. The van der Waals surface area contributed by atoms with Crippen LogP contribution in [-0.4, -0.2) is 34.4 Å². The van der Waals surface area contributed by atoms with Gasteiger partial charge in [-0.3, -0.25) is 10.1 Å². The van der Waals surface area contributed by atoms with Crippen molar-refractivity contribution in [3.05, 3.63) is 70.2 Å². The third-order valence-corrected chi connectivity index (χ3v) is 7.42. The molecule has 0 radical (unpaired) electrons. The number of nitrogens with one attached hydrogen (secondary N) is 2. The second-order valence-electron chi connectivity index (χ2n) is 8.88. The van der Waals surface area contributed by atoms with E-state index in [4.69, 9.17) is 11.5 Å². The zero-order valence-corrected chi connectivity index (χ0v) is 19.6. The van der Waals surface area contributed by atoms with E-state index < -0.39 is 0 Å². The number of thiazole rings is 1. The molecule has 1 aliphatic carbocycles. The highest BCUT2D eigenvalue weighted by Crippen LogP contribution is 2.33. The molecule has 3 aromatic rings. The van der Waals surface area contributed by atoms with Crippen LogP contribution >= 0.6 is 11.3 Å². The quantitative estimate of drug-likeness (QED) is 0.421. The normalized spacial score (nSPS) is 19.5. The van der Waals surface area contributed by atoms with Gasteiger partial charge in [-0.25, -0.2) is 9.78 Å². The highest BCUT2D eigenvalue weighted by molar-refractivity contribution is 7.15. The lowest BCUT2D eigenvalue weighted by molar-refractivity contribution is 0.102. The molecule has 34 heavy (non-hydrogen) atoms. The predicted octanol–water partition coefficient (Wildman–Crippen LogP) is 4.16. The van der Waals surface area contributed by atoms with Crippen molar-refractivity contribution in [3.8, 4) is 0 Å². The summed E-state index contributed by atoms with van der Waals surface area (Å²) < 4.78 is 0. The summed E-state index contributed by atoms with van der Waals surface area (Å²) in [5.41, 5.74) is 15.7. The number of nitrogens with two attached hydrogens (primary N) is 2. The summed E-state index contributed by atoms with van der Waals surface area (Å²) >= 11 is 1.50. The van der Waals surface area contributed by atoms with E-state index in [0.717, 1.165) is 48.2 Å². The first-order valence-corrected chi connectivity index (χ1v) is 12.4. The highest BCUT2D eigenvalue weighted by Gasteiger charge is 2.30. The van der Waals surface area contributed by atoms with Gasteiger partial charge in [0.05, 0.1) is 11.7 Å². The van der Waals surface area contributed by atoms with E-state index in [0.29, 0.717) is 28.6 Å². The van der Waals surface area contributed by atoms with Gasteiger partial charge in [-0.15, -0.1) is 11.3 Å². The molecule has 2 heterocycles.